The lowest BCUT2D eigenvalue weighted by Gasteiger charge is -2.13. The van der Waals surface area contributed by atoms with E-state index in [-0.39, 0.29) is 0 Å². The van der Waals surface area contributed by atoms with E-state index < -0.39 is 0 Å². The van der Waals surface area contributed by atoms with Gasteiger partial charge in [0.15, 0.2) is 5.13 Å². The van der Waals surface area contributed by atoms with Crippen molar-refractivity contribution in [3.8, 4) is 0 Å². The minimum Gasteiger partial charge on any atom is -0.378 e. The summed E-state index contributed by atoms with van der Waals surface area (Å²) in [6.45, 7) is 4.03. The summed E-state index contributed by atoms with van der Waals surface area (Å²) in [5, 5.41) is 6.32. The average Bonchev–Trinajstić information content (AvgIpc) is 2.72. The molecular formula is C9H14N2OS. The Morgan fingerprint density at radius 3 is 3.31 bits per heavy atom. The molecule has 2 rings (SSSR count). The number of hydrogen-bond acceptors (Lipinski definition) is 4. The normalized spacial score (nSPS) is 27.8. The molecule has 0 amide bonds. The standard InChI is InChI=1S/C9H14N2OS/c1-7-8(2-4-12-7)6-11-9-10-3-5-13-9/h3,5,7-8H,2,4,6H2,1H3,(H,10,11). The number of anilines is 1. The first-order valence-electron chi connectivity index (χ1n) is 4.61. The molecule has 1 aromatic rings. The van der Waals surface area contributed by atoms with Gasteiger partial charge in [0, 0.05) is 30.6 Å². The van der Waals surface area contributed by atoms with Crippen LogP contribution in [-0.2, 0) is 4.74 Å². The van der Waals surface area contributed by atoms with E-state index >= 15 is 0 Å². The summed E-state index contributed by atoms with van der Waals surface area (Å²) in [5.74, 6) is 0.642. The van der Waals surface area contributed by atoms with Crippen LogP contribution in [0, 0.1) is 5.92 Å². The van der Waals surface area contributed by atoms with Gasteiger partial charge in [-0.1, -0.05) is 0 Å². The predicted octanol–water partition coefficient (Wildman–Crippen LogP) is 1.98. The van der Waals surface area contributed by atoms with E-state index in [4.69, 9.17) is 4.74 Å². The summed E-state index contributed by atoms with van der Waals surface area (Å²) in [6, 6.07) is 0. The van der Waals surface area contributed by atoms with Crippen LogP contribution in [0.25, 0.3) is 0 Å². The van der Waals surface area contributed by atoms with Crippen molar-refractivity contribution >= 4 is 16.5 Å². The smallest absolute Gasteiger partial charge is 0.182 e. The molecule has 4 heteroatoms. The minimum absolute atomic E-state index is 0.396. The predicted molar refractivity (Wildman–Crippen MR) is 54.1 cm³/mol. The molecule has 0 spiro atoms. The summed E-state index contributed by atoms with van der Waals surface area (Å²) in [7, 11) is 0. The van der Waals surface area contributed by atoms with E-state index in [9.17, 15) is 0 Å². The molecule has 1 aliphatic rings. The molecule has 2 atom stereocenters. The number of thiazole rings is 1. The van der Waals surface area contributed by atoms with E-state index in [0.717, 1.165) is 18.3 Å². The number of rotatable bonds is 3. The molecule has 2 unspecified atom stereocenters. The van der Waals surface area contributed by atoms with E-state index in [1.165, 1.54) is 6.42 Å². The van der Waals surface area contributed by atoms with Gasteiger partial charge in [-0.25, -0.2) is 4.98 Å². The molecule has 1 aliphatic heterocycles. The third-order valence-corrected chi connectivity index (χ3v) is 3.21. The molecular weight excluding hydrogens is 184 g/mol. The zero-order chi connectivity index (χ0) is 9.10. The van der Waals surface area contributed by atoms with Crippen LogP contribution in [0.15, 0.2) is 11.6 Å². The summed E-state index contributed by atoms with van der Waals surface area (Å²) in [4.78, 5) is 4.17. The lowest BCUT2D eigenvalue weighted by atomic mass is 10.0. The van der Waals surface area contributed by atoms with E-state index in [1.54, 1.807) is 11.3 Å². The third-order valence-electron chi connectivity index (χ3n) is 2.48. The lowest BCUT2D eigenvalue weighted by molar-refractivity contribution is 0.108. The van der Waals surface area contributed by atoms with Crippen molar-refractivity contribution in [3.63, 3.8) is 0 Å². The summed E-state index contributed by atoms with van der Waals surface area (Å²) in [6.07, 6.45) is 3.38. The van der Waals surface area contributed by atoms with Crippen molar-refractivity contribution in [2.75, 3.05) is 18.5 Å². The van der Waals surface area contributed by atoms with Gasteiger partial charge >= 0.3 is 0 Å². The second-order valence-corrected chi connectivity index (χ2v) is 4.24. The average molecular weight is 198 g/mol. The van der Waals surface area contributed by atoms with Gasteiger partial charge in [-0.3, -0.25) is 0 Å². The van der Waals surface area contributed by atoms with Crippen LogP contribution in [0.1, 0.15) is 13.3 Å². The fourth-order valence-electron chi connectivity index (χ4n) is 1.57. The van der Waals surface area contributed by atoms with E-state index in [2.05, 4.69) is 17.2 Å². The number of ether oxygens (including phenoxy) is 1. The topological polar surface area (TPSA) is 34.1 Å². The van der Waals surface area contributed by atoms with Crippen molar-refractivity contribution in [2.45, 2.75) is 19.4 Å². The van der Waals surface area contributed by atoms with Crippen LogP contribution in [0.2, 0.25) is 0 Å². The molecule has 1 fully saturated rings. The van der Waals surface area contributed by atoms with Crippen LogP contribution in [0.3, 0.4) is 0 Å². The first-order chi connectivity index (χ1) is 6.36. The molecule has 2 heterocycles. The quantitative estimate of drug-likeness (QED) is 0.806. The molecule has 0 saturated carbocycles. The molecule has 0 bridgehead atoms. The second-order valence-electron chi connectivity index (χ2n) is 3.34. The third kappa shape index (κ3) is 2.19. The van der Waals surface area contributed by atoms with Crippen molar-refractivity contribution < 1.29 is 4.74 Å². The fraction of sp³-hybridized carbons (Fsp3) is 0.667. The van der Waals surface area contributed by atoms with Gasteiger partial charge in [0.25, 0.3) is 0 Å². The van der Waals surface area contributed by atoms with Gasteiger partial charge in [0.1, 0.15) is 0 Å². The number of hydrogen-bond donors (Lipinski definition) is 1. The molecule has 1 aromatic heterocycles. The molecule has 3 nitrogen and oxygen atoms in total. The van der Waals surface area contributed by atoms with Crippen LogP contribution < -0.4 is 5.32 Å². The van der Waals surface area contributed by atoms with Gasteiger partial charge in [0.2, 0.25) is 0 Å². The summed E-state index contributed by atoms with van der Waals surface area (Å²) >= 11 is 1.64. The highest BCUT2D eigenvalue weighted by atomic mass is 32.1. The number of nitrogens with one attached hydrogen (secondary N) is 1. The highest BCUT2D eigenvalue weighted by Crippen LogP contribution is 2.21. The molecule has 1 N–H and O–H groups in total. The molecule has 0 radical (unpaired) electrons. The second kappa shape index (κ2) is 4.07. The Kier molecular flexibility index (Phi) is 2.80. The Hall–Kier alpha value is -0.610. The van der Waals surface area contributed by atoms with Crippen LogP contribution in [0.5, 0.6) is 0 Å². The van der Waals surface area contributed by atoms with Gasteiger partial charge in [0.05, 0.1) is 6.10 Å². The Balaban J connectivity index is 1.79. The molecule has 72 valence electrons. The van der Waals surface area contributed by atoms with Crippen molar-refractivity contribution in [3.05, 3.63) is 11.6 Å². The minimum atomic E-state index is 0.396. The van der Waals surface area contributed by atoms with Gasteiger partial charge in [-0.2, -0.15) is 0 Å². The van der Waals surface area contributed by atoms with Crippen LogP contribution in [-0.4, -0.2) is 24.2 Å². The van der Waals surface area contributed by atoms with Gasteiger partial charge in [-0.05, 0) is 13.3 Å². The molecule has 13 heavy (non-hydrogen) atoms. The Morgan fingerprint density at radius 1 is 1.77 bits per heavy atom. The van der Waals surface area contributed by atoms with Gasteiger partial charge in [-0.15, -0.1) is 11.3 Å². The summed E-state index contributed by atoms with van der Waals surface area (Å²) in [5.41, 5.74) is 0. The molecule has 0 aliphatic carbocycles. The number of aromatic nitrogens is 1. The maximum atomic E-state index is 5.48. The van der Waals surface area contributed by atoms with Crippen molar-refractivity contribution in [1.82, 2.24) is 4.98 Å². The maximum absolute atomic E-state index is 5.48. The monoisotopic (exact) mass is 198 g/mol. The number of nitrogens with zero attached hydrogens (tertiary/aromatic N) is 1. The van der Waals surface area contributed by atoms with Crippen molar-refractivity contribution in [2.24, 2.45) is 5.92 Å². The molecule has 1 saturated heterocycles. The van der Waals surface area contributed by atoms with Crippen LogP contribution in [0.4, 0.5) is 5.13 Å². The van der Waals surface area contributed by atoms with Gasteiger partial charge < -0.3 is 10.1 Å². The zero-order valence-corrected chi connectivity index (χ0v) is 8.51. The van der Waals surface area contributed by atoms with Crippen LogP contribution >= 0.6 is 11.3 Å². The Morgan fingerprint density at radius 2 is 2.69 bits per heavy atom. The first kappa shape index (κ1) is 8.97. The Labute approximate surface area is 82.1 Å². The van der Waals surface area contributed by atoms with E-state index in [1.807, 2.05) is 11.6 Å². The van der Waals surface area contributed by atoms with Crippen molar-refractivity contribution in [1.29, 1.82) is 0 Å². The highest BCUT2D eigenvalue weighted by molar-refractivity contribution is 7.13. The largest absolute Gasteiger partial charge is 0.378 e. The zero-order valence-electron chi connectivity index (χ0n) is 7.69. The Bertz CT molecular complexity index is 250. The SMILES string of the molecule is CC1OCCC1CNc1nccs1. The first-order valence-corrected chi connectivity index (χ1v) is 5.49. The fourth-order valence-corrected chi connectivity index (χ4v) is 2.11. The molecule has 0 aromatic carbocycles. The maximum Gasteiger partial charge on any atom is 0.182 e. The summed E-state index contributed by atoms with van der Waals surface area (Å²) < 4.78 is 5.48. The highest BCUT2D eigenvalue weighted by Gasteiger charge is 2.23. The lowest BCUT2D eigenvalue weighted by Crippen LogP contribution is -2.20. The van der Waals surface area contributed by atoms with E-state index in [0.29, 0.717) is 12.0 Å².